The Morgan fingerprint density at radius 3 is 2.77 bits per heavy atom. The minimum atomic E-state index is -0.179. The zero-order chi connectivity index (χ0) is 9.26. The standard InChI is InChI=1S/C9H15NO2S/c11-7-4-6(5-7)10-9(12)8-2-1-3-13-8/h6-8,11H,1-5H2,(H,10,12). The molecule has 1 atom stereocenters. The van der Waals surface area contributed by atoms with Crippen LogP contribution in [-0.2, 0) is 4.79 Å². The van der Waals surface area contributed by atoms with Crippen molar-refractivity contribution in [3.05, 3.63) is 0 Å². The highest BCUT2D eigenvalue weighted by Crippen LogP contribution is 2.27. The van der Waals surface area contributed by atoms with E-state index in [4.69, 9.17) is 5.11 Å². The lowest BCUT2D eigenvalue weighted by molar-refractivity contribution is -0.122. The molecule has 74 valence electrons. The van der Waals surface area contributed by atoms with Crippen molar-refractivity contribution in [3.63, 3.8) is 0 Å². The SMILES string of the molecule is O=C(NC1CC(O)C1)C1CCCS1. The van der Waals surface area contributed by atoms with E-state index >= 15 is 0 Å². The van der Waals surface area contributed by atoms with Crippen molar-refractivity contribution in [1.82, 2.24) is 5.32 Å². The largest absolute Gasteiger partial charge is 0.393 e. The number of nitrogens with one attached hydrogen (secondary N) is 1. The highest BCUT2D eigenvalue weighted by Gasteiger charge is 2.31. The average Bonchev–Trinajstić information content (AvgIpc) is 2.53. The summed E-state index contributed by atoms with van der Waals surface area (Å²) < 4.78 is 0. The predicted octanol–water partition coefficient (Wildman–Crippen LogP) is 0.521. The van der Waals surface area contributed by atoms with E-state index in [2.05, 4.69) is 5.32 Å². The van der Waals surface area contributed by atoms with E-state index in [0.717, 1.165) is 31.4 Å². The topological polar surface area (TPSA) is 49.3 Å². The van der Waals surface area contributed by atoms with E-state index in [1.807, 2.05) is 0 Å². The molecule has 2 fully saturated rings. The van der Waals surface area contributed by atoms with E-state index in [9.17, 15) is 4.79 Å². The molecule has 0 aromatic heterocycles. The lowest BCUT2D eigenvalue weighted by Gasteiger charge is -2.32. The van der Waals surface area contributed by atoms with Gasteiger partial charge in [0.2, 0.25) is 5.91 Å². The van der Waals surface area contributed by atoms with E-state index in [1.165, 1.54) is 0 Å². The van der Waals surface area contributed by atoms with Crippen molar-refractivity contribution < 1.29 is 9.90 Å². The van der Waals surface area contributed by atoms with Crippen LogP contribution in [-0.4, -0.2) is 34.2 Å². The minimum Gasteiger partial charge on any atom is -0.393 e. The molecule has 3 nitrogen and oxygen atoms in total. The maximum Gasteiger partial charge on any atom is 0.233 e. The van der Waals surface area contributed by atoms with Gasteiger partial charge in [-0.15, -0.1) is 11.8 Å². The van der Waals surface area contributed by atoms with Crippen molar-refractivity contribution in [2.24, 2.45) is 0 Å². The highest BCUT2D eigenvalue weighted by molar-refractivity contribution is 8.00. The van der Waals surface area contributed by atoms with Gasteiger partial charge in [0, 0.05) is 6.04 Å². The molecule has 13 heavy (non-hydrogen) atoms. The molecule has 1 aliphatic heterocycles. The number of carbonyl (C=O) groups is 1. The molecule has 0 bridgehead atoms. The quantitative estimate of drug-likeness (QED) is 0.685. The Labute approximate surface area is 82.3 Å². The van der Waals surface area contributed by atoms with Crippen LogP contribution < -0.4 is 5.32 Å². The molecule has 0 aromatic carbocycles. The first-order valence-corrected chi connectivity index (χ1v) is 5.90. The fourth-order valence-electron chi connectivity index (χ4n) is 1.78. The van der Waals surface area contributed by atoms with Crippen molar-refractivity contribution >= 4 is 17.7 Å². The molecule has 1 aliphatic carbocycles. The summed E-state index contributed by atoms with van der Waals surface area (Å²) >= 11 is 1.75. The first-order chi connectivity index (χ1) is 6.25. The van der Waals surface area contributed by atoms with Crippen LogP contribution in [0.3, 0.4) is 0 Å². The van der Waals surface area contributed by atoms with Crippen molar-refractivity contribution in [2.75, 3.05) is 5.75 Å². The molecule has 0 aromatic rings. The van der Waals surface area contributed by atoms with Crippen LogP contribution in [0.1, 0.15) is 25.7 Å². The Kier molecular flexibility index (Phi) is 2.79. The fraction of sp³-hybridized carbons (Fsp3) is 0.889. The molecule has 0 radical (unpaired) electrons. The van der Waals surface area contributed by atoms with E-state index in [1.54, 1.807) is 11.8 Å². The summed E-state index contributed by atoms with van der Waals surface area (Å²) in [5.74, 6) is 1.30. The molecular formula is C9H15NO2S. The molecule has 2 rings (SSSR count). The summed E-state index contributed by atoms with van der Waals surface area (Å²) in [7, 11) is 0. The van der Waals surface area contributed by atoms with Crippen molar-refractivity contribution in [2.45, 2.75) is 43.1 Å². The Morgan fingerprint density at radius 1 is 1.46 bits per heavy atom. The van der Waals surface area contributed by atoms with Crippen LogP contribution in [0.2, 0.25) is 0 Å². The van der Waals surface area contributed by atoms with Gasteiger partial charge in [0.25, 0.3) is 0 Å². The average molecular weight is 201 g/mol. The lowest BCUT2D eigenvalue weighted by Crippen LogP contribution is -2.48. The minimum absolute atomic E-state index is 0.178. The molecule has 1 saturated carbocycles. The third-order valence-electron chi connectivity index (χ3n) is 2.68. The van der Waals surface area contributed by atoms with Gasteiger partial charge >= 0.3 is 0 Å². The number of amides is 1. The van der Waals surface area contributed by atoms with Crippen molar-refractivity contribution in [3.8, 4) is 0 Å². The number of hydrogen-bond acceptors (Lipinski definition) is 3. The zero-order valence-corrected chi connectivity index (χ0v) is 8.35. The highest BCUT2D eigenvalue weighted by atomic mass is 32.2. The molecule has 4 heteroatoms. The third-order valence-corrected chi connectivity index (χ3v) is 4.06. The Balaban J connectivity index is 1.72. The smallest absolute Gasteiger partial charge is 0.233 e. The first kappa shape index (κ1) is 9.34. The number of aliphatic hydroxyl groups is 1. The van der Waals surface area contributed by atoms with Crippen LogP contribution in [0.25, 0.3) is 0 Å². The predicted molar refractivity (Wildman–Crippen MR) is 52.7 cm³/mol. The number of hydrogen-bond donors (Lipinski definition) is 2. The molecule has 1 heterocycles. The fourth-order valence-corrected chi connectivity index (χ4v) is 2.95. The maximum absolute atomic E-state index is 11.5. The second-order valence-electron chi connectivity index (χ2n) is 3.83. The normalized spacial score (nSPS) is 38.4. The molecule has 0 spiro atoms. The van der Waals surface area contributed by atoms with Gasteiger partial charge in [-0.2, -0.15) is 0 Å². The summed E-state index contributed by atoms with van der Waals surface area (Å²) in [5.41, 5.74) is 0. The third kappa shape index (κ3) is 2.17. The van der Waals surface area contributed by atoms with Gasteiger partial charge in [0.15, 0.2) is 0 Å². The molecule has 1 unspecified atom stereocenters. The number of aliphatic hydroxyl groups excluding tert-OH is 1. The number of thioether (sulfide) groups is 1. The van der Waals surface area contributed by atoms with Crippen LogP contribution in [0.5, 0.6) is 0 Å². The van der Waals surface area contributed by atoms with E-state index < -0.39 is 0 Å². The summed E-state index contributed by atoms with van der Waals surface area (Å²) in [6.45, 7) is 0. The van der Waals surface area contributed by atoms with Gasteiger partial charge in [0.05, 0.1) is 11.4 Å². The van der Waals surface area contributed by atoms with Gasteiger partial charge in [-0.3, -0.25) is 4.79 Å². The number of carbonyl (C=O) groups excluding carboxylic acids is 1. The summed E-state index contributed by atoms with van der Waals surface area (Å²) in [6.07, 6.45) is 3.48. The van der Waals surface area contributed by atoms with Crippen molar-refractivity contribution in [1.29, 1.82) is 0 Å². The van der Waals surface area contributed by atoms with Crippen LogP contribution in [0.4, 0.5) is 0 Å². The van der Waals surface area contributed by atoms with Crippen LogP contribution in [0.15, 0.2) is 0 Å². The van der Waals surface area contributed by atoms with Crippen LogP contribution in [0, 0.1) is 0 Å². The Hall–Kier alpha value is -0.220. The Bertz CT molecular complexity index is 198. The monoisotopic (exact) mass is 201 g/mol. The molecule has 2 N–H and O–H groups in total. The van der Waals surface area contributed by atoms with Crippen LogP contribution >= 0.6 is 11.8 Å². The van der Waals surface area contributed by atoms with E-state index in [0.29, 0.717) is 0 Å². The summed E-state index contributed by atoms with van der Waals surface area (Å²) in [6, 6.07) is 0.240. The maximum atomic E-state index is 11.5. The van der Waals surface area contributed by atoms with Gasteiger partial charge < -0.3 is 10.4 Å². The molecular weight excluding hydrogens is 186 g/mol. The number of rotatable bonds is 2. The first-order valence-electron chi connectivity index (χ1n) is 4.86. The molecule has 2 aliphatic rings. The second kappa shape index (κ2) is 3.88. The summed E-state index contributed by atoms with van der Waals surface area (Å²) in [4.78, 5) is 11.5. The Morgan fingerprint density at radius 2 is 2.23 bits per heavy atom. The zero-order valence-electron chi connectivity index (χ0n) is 7.53. The summed E-state index contributed by atoms with van der Waals surface area (Å²) in [5, 5.41) is 12.2. The van der Waals surface area contributed by atoms with Gasteiger partial charge in [-0.25, -0.2) is 0 Å². The molecule has 1 amide bonds. The van der Waals surface area contributed by atoms with Gasteiger partial charge in [-0.05, 0) is 31.4 Å². The second-order valence-corrected chi connectivity index (χ2v) is 5.14. The molecule has 1 saturated heterocycles. The van der Waals surface area contributed by atoms with Gasteiger partial charge in [0.1, 0.15) is 0 Å². The lowest BCUT2D eigenvalue weighted by atomic mass is 9.89. The van der Waals surface area contributed by atoms with E-state index in [-0.39, 0.29) is 23.3 Å². The van der Waals surface area contributed by atoms with Gasteiger partial charge in [-0.1, -0.05) is 0 Å².